The molecule has 0 bridgehead atoms. The van der Waals surface area contributed by atoms with Gasteiger partial charge in [0.25, 0.3) is 0 Å². The minimum atomic E-state index is -4.34. The lowest BCUT2D eigenvalue weighted by Gasteiger charge is -2.36. The molecule has 0 spiro atoms. The van der Waals surface area contributed by atoms with Crippen molar-refractivity contribution >= 4 is 11.6 Å². The van der Waals surface area contributed by atoms with Crippen LogP contribution in [-0.2, 0) is 15.7 Å². The average Bonchev–Trinajstić information content (AvgIpc) is 2.52. The first kappa shape index (κ1) is 16.6. The Balaban J connectivity index is 1.96. The van der Waals surface area contributed by atoms with Gasteiger partial charge >= 0.3 is 6.18 Å². The van der Waals surface area contributed by atoms with Gasteiger partial charge < -0.3 is 14.5 Å². The number of nitrogens with zero attached hydrogens (tertiary/aromatic N) is 2. The smallest absolute Gasteiger partial charge is 0.372 e. The Bertz CT molecular complexity index is 512. The zero-order chi connectivity index (χ0) is 16.2. The number of carbonyl (C=O) groups is 1. The van der Waals surface area contributed by atoms with Crippen molar-refractivity contribution in [2.75, 3.05) is 44.3 Å². The van der Waals surface area contributed by atoms with E-state index in [2.05, 4.69) is 0 Å². The first-order chi connectivity index (χ1) is 10.4. The van der Waals surface area contributed by atoms with Crippen LogP contribution in [0.5, 0.6) is 0 Å². The Labute approximate surface area is 127 Å². The molecule has 0 atom stereocenters. The van der Waals surface area contributed by atoms with Crippen LogP contribution in [0.15, 0.2) is 24.3 Å². The van der Waals surface area contributed by atoms with Crippen molar-refractivity contribution in [3.63, 3.8) is 0 Å². The average molecular weight is 316 g/mol. The first-order valence-electron chi connectivity index (χ1n) is 7.19. The van der Waals surface area contributed by atoms with Gasteiger partial charge in [0.05, 0.1) is 5.56 Å². The molecule has 1 aromatic carbocycles. The highest BCUT2D eigenvalue weighted by atomic mass is 19.4. The van der Waals surface area contributed by atoms with E-state index in [9.17, 15) is 18.0 Å². The van der Waals surface area contributed by atoms with Gasteiger partial charge in [0.15, 0.2) is 0 Å². The van der Waals surface area contributed by atoms with E-state index in [0.717, 1.165) is 12.1 Å². The fraction of sp³-hybridized carbons (Fsp3) is 0.533. The third-order valence-corrected chi connectivity index (χ3v) is 3.60. The number of ether oxygens (including phenoxy) is 1. The minimum Gasteiger partial charge on any atom is -0.372 e. The summed E-state index contributed by atoms with van der Waals surface area (Å²) in [4.78, 5) is 15.4. The monoisotopic (exact) mass is 316 g/mol. The molecule has 0 aromatic heterocycles. The van der Waals surface area contributed by atoms with Crippen LogP contribution in [0.1, 0.15) is 12.5 Å². The van der Waals surface area contributed by atoms with Gasteiger partial charge in [0.2, 0.25) is 5.91 Å². The molecule has 0 N–H and O–H groups in total. The van der Waals surface area contributed by atoms with Gasteiger partial charge in [0, 0.05) is 38.5 Å². The van der Waals surface area contributed by atoms with Crippen LogP contribution in [0.3, 0.4) is 0 Å². The molecule has 1 amide bonds. The lowest BCUT2D eigenvalue weighted by molar-refractivity contribution is -0.137. The van der Waals surface area contributed by atoms with E-state index in [1.807, 2.05) is 11.8 Å². The molecule has 1 fully saturated rings. The summed E-state index contributed by atoms with van der Waals surface area (Å²) in [6, 6.07) is 5.28. The largest absolute Gasteiger partial charge is 0.416 e. The summed E-state index contributed by atoms with van der Waals surface area (Å²) in [6.45, 7) is 4.36. The second kappa shape index (κ2) is 7.00. The Morgan fingerprint density at radius 2 is 1.91 bits per heavy atom. The Morgan fingerprint density at radius 3 is 2.50 bits per heavy atom. The maximum absolute atomic E-state index is 12.7. The fourth-order valence-electron chi connectivity index (χ4n) is 2.37. The summed E-state index contributed by atoms with van der Waals surface area (Å²) in [5.74, 6) is -0.0782. The number of carbonyl (C=O) groups excluding carboxylic acids is 1. The number of hydrogen-bond donors (Lipinski definition) is 0. The maximum Gasteiger partial charge on any atom is 0.416 e. The predicted octanol–water partition coefficient (Wildman–Crippen LogP) is 2.39. The zero-order valence-electron chi connectivity index (χ0n) is 12.4. The van der Waals surface area contributed by atoms with E-state index in [4.69, 9.17) is 4.74 Å². The Kier molecular flexibility index (Phi) is 5.28. The van der Waals surface area contributed by atoms with Crippen LogP contribution in [0.2, 0.25) is 0 Å². The maximum atomic E-state index is 12.7. The topological polar surface area (TPSA) is 32.8 Å². The van der Waals surface area contributed by atoms with Crippen LogP contribution in [0.25, 0.3) is 0 Å². The second-order valence-corrected chi connectivity index (χ2v) is 5.05. The SMILES string of the molecule is CCOCC(=O)N1CCN(c2cccc(C(F)(F)F)c2)CC1. The van der Waals surface area contributed by atoms with Crippen molar-refractivity contribution in [2.24, 2.45) is 0 Å². The lowest BCUT2D eigenvalue weighted by atomic mass is 10.1. The van der Waals surface area contributed by atoms with Gasteiger partial charge in [-0.15, -0.1) is 0 Å². The third-order valence-electron chi connectivity index (χ3n) is 3.60. The van der Waals surface area contributed by atoms with Crippen LogP contribution in [-0.4, -0.2) is 50.2 Å². The minimum absolute atomic E-state index is 0.0556. The highest BCUT2D eigenvalue weighted by Gasteiger charge is 2.31. The summed E-state index contributed by atoms with van der Waals surface area (Å²) in [7, 11) is 0. The molecule has 22 heavy (non-hydrogen) atoms. The van der Waals surface area contributed by atoms with E-state index in [-0.39, 0.29) is 12.5 Å². The lowest BCUT2D eigenvalue weighted by Crippen LogP contribution is -2.49. The van der Waals surface area contributed by atoms with Gasteiger partial charge in [-0.3, -0.25) is 4.79 Å². The van der Waals surface area contributed by atoms with E-state index in [0.29, 0.717) is 38.5 Å². The summed E-state index contributed by atoms with van der Waals surface area (Å²) in [6.07, 6.45) is -4.34. The number of alkyl halides is 3. The molecule has 1 aliphatic rings. The molecule has 4 nitrogen and oxygen atoms in total. The number of amides is 1. The van der Waals surface area contributed by atoms with E-state index < -0.39 is 11.7 Å². The normalized spacial score (nSPS) is 16.0. The number of rotatable bonds is 4. The van der Waals surface area contributed by atoms with Crippen LogP contribution < -0.4 is 4.90 Å². The first-order valence-corrected chi connectivity index (χ1v) is 7.19. The Morgan fingerprint density at radius 1 is 1.23 bits per heavy atom. The van der Waals surface area contributed by atoms with Crippen molar-refractivity contribution in [1.29, 1.82) is 0 Å². The molecule has 7 heteroatoms. The number of halogens is 3. The van der Waals surface area contributed by atoms with Crippen molar-refractivity contribution in [3.8, 4) is 0 Å². The van der Waals surface area contributed by atoms with Gasteiger partial charge in [0.1, 0.15) is 6.61 Å². The number of hydrogen-bond acceptors (Lipinski definition) is 3. The zero-order valence-corrected chi connectivity index (χ0v) is 12.4. The predicted molar refractivity (Wildman–Crippen MR) is 76.7 cm³/mol. The van der Waals surface area contributed by atoms with Crippen molar-refractivity contribution in [2.45, 2.75) is 13.1 Å². The molecule has 1 aliphatic heterocycles. The van der Waals surface area contributed by atoms with Crippen molar-refractivity contribution in [1.82, 2.24) is 4.90 Å². The summed E-state index contributed by atoms with van der Waals surface area (Å²) in [5.41, 5.74) is -0.119. The molecular formula is C15H19F3N2O2. The molecule has 1 saturated heterocycles. The second-order valence-electron chi connectivity index (χ2n) is 5.05. The number of piperazine rings is 1. The molecule has 0 radical (unpaired) electrons. The van der Waals surface area contributed by atoms with Gasteiger partial charge in [-0.1, -0.05) is 6.07 Å². The Hall–Kier alpha value is -1.76. The molecule has 2 rings (SSSR count). The van der Waals surface area contributed by atoms with E-state index in [1.54, 1.807) is 11.0 Å². The van der Waals surface area contributed by atoms with Gasteiger partial charge in [-0.2, -0.15) is 13.2 Å². The van der Waals surface area contributed by atoms with Crippen LogP contribution in [0, 0.1) is 0 Å². The quantitative estimate of drug-likeness (QED) is 0.855. The molecule has 122 valence electrons. The number of benzene rings is 1. The summed E-state index contributed by atoms with van der Waals surface area (Å²) < 4.78 is 43.3. The highest BCUT2D eigenvalue weighted by Crippen LogP contribution is 2.31. The standard InChI is InChI=1S/C15H19F3N2O2/c1-2-22-11-14(21)20-8-6-19(7-9-20)13-5-3-4-12(10-13)15(16,17)18/h3-5,10H,2,6-9,11H2,1H3. The highest BCUT2D eigenvalue weighted by molar-refractivity contribution is 5.77. The number of anilines is 1. The molecule has 0 aliphatic carbocycles. The van der Waals surface area contributed by atoms with Crippen molar-refractivity contribution in [3.05, 3.63) is 29.8 Å². The van der Waals surface area contributed by atoms with E-state index >= 15 is 0 Å². The van der Waals surface area contributed by atoms with Crippen molar-refractivity contribution < 1.29 is 22.7 Å². The summed E-state index contributed by atoms with van der Waals surface area (Å²) >= 11 is 0. The molecule has 1 aromatic rings. The molecule has 0 saturated carbocycles. The van der Waals surface area contributed by atoms with E-state index in [1.165, 1.54) is 6.07 Å². The molecule has 1 heterocycles. The summed E-state index contributed by atoms with van der Waals surface area (Å²) in [5, 5.41) is 0. The molecule has 0 unspecified atom stereocenters. The van der Waals surface area contributed by atoms with Crippen LogP contribution >= 0.6 is 0 Å². The van der Waals surface area contributed by atoms with Gasteiger partial charge in [-0.05, 0) is 25.1 Å². The van der Waals surface area contributed by atoms with Crippen LogP contribution in [0.4, 0.5) is 18.9 Å². The van der Waals surface area contributed by atoms with Gasteiger partial charge in [-0.25, -0.2) is 0 Å². The third kappa shape index (κ3) is 4.13. The molecular weight excluding hydrogens is 297 g/mol. The fourth-order valence-corrected chi connectivity index (χ4v) is 2.37.